The number of amides is 1. The van der Waals surface area contributed by atoms with Gasteiger partial charge in [-0.2, -0.15) is 5.26 Å². The molecule has 1 atom stereocenters. The van der Waals surface area contributed by atoms with Crippen LogP contribution in [0.15, 0.2) is 39.9 Å². The summed E-state index contributed by atoms with van der Waals surface area (Å²) in [5.74, 6) is -2.31. The highest BCUT2D eigenvalue weighted by Gasteiger charge is 2.43. The van der Waals surface area contributed by atoms with Crippen molar-refractivity contribution in [3.8, 4) is 17.6 Å². The van der Waals surface area contributed by atoms with Gasteiger partial charge in [-0.25, -0.2) is 18.6 Å². The van der Waals surface area contributed by atoms with Crippen molar-refractivity contribution in [3.63, 3.8) is 0 Å². The molecule has 1 unspecified atom stereocenters. The largest absolute Gasteiger partial charge is 0.452 e. The van der Waals surface area contributed by atoms with Gasteiger partial charge in [0, 0.05) is 19.1 Å². The second kappa shape index (κ2) is 10.5. The number of hydrogen-bond acceptors (Lipinski definition) is 6. The molecule has 1 amide bonds. The Bertz CT molecular complexity index is 1590. The highest BCUT2D eigenvalue weighted by Crippen LogP contribution is 2.50. The van der Waals surface area contributed by atoms with Crippen molar-refractivity contribution >= 4 is 32.9 Å². The van der Waals surface area contributed by atoms with Gasteiger partial charge in [-0.3, -0.25) is 9.36 Å². The molecular formula is C29H29BrF2N4O4. The Hall–Kier alpha value is -3.52. The third kappa shape index (κ3) is 5.29. The van der Waals surface area contributed by atoms with Crippen LogP contribution in [0.3, 0.4) is 0 Å². The predicted molar refractivity (Wildman–Crippen MR) is 147 cm³/mol. The fourth-order valence-electron chi connectivity index (χ4n) is 5.71. The van der Waals surface area contributed by atoms with Crippen LogP contribution in [-0.4, -0.2) is 39.2 Å². The average molecular weight is 615 g/mol. The molecular weight excluding hydrogens is 586 g/mol. The van der Waals surface area contributed by atoms with E-state index in [1.165, 1.54) is 6.07 Å². The van der Waals surface area contributed by atoms with Crippen LogP contribution in [0, 0.1) is 28.4 Å². The van der Waals surface area contributed by atoms with Crippen molar-refractivity contribution in [2.45, 2.75) is 64.5 Å². The fraction of sp³-hybridized carbons (Fsp3) is 0.448. The number of nitrogens with zero attached hydrogens (tertiary/aromatic N) is 4. The van der Waals surface area contributed by atoms with Crippen LogP contribution >= 0.6 is 15.9 Å². The summed E-state index contributed by atoms with van der Waals surface area (Å²) in [6, 6.07) is 6.33. The van der Waals surface area contributed by atoms with Crippen molar-refractivity contribution in [1.82, 2.24) is 14.5 Å². The Labute approximate surface area is 238 Å². The smallest absolute Gasteiger partial charge is 0.410 e. The summed E-state index contributed by atoms with van der Waals surface area (Å²) >= 11 is 3.41. The summed E-state index contributed by atoms with van der Waals surface area (Å²) in [7, 11) is 0. The molecule has 8 nitrogen and oxygen atoms in total. The normalized spacial score (nSPS) is 18.6. The van der Waals surface area contributed by atoms with E-state index in [1.807, 2.05) is 20.8 Å². The van der Waals surface area contributed by atoms with Gasteiger partial charge in [0.25, 0.3) is 5.56 Å². The summed E-state index contributed by atoms with van der Waals surface area (Å²) in [5.41, 5.74) is -0.945. The number of fused-ring (bicyclic) bond motifs is 1. The Morgan fingerprint density at radius 1 is 1.15 bits per heavy atom. The number of carbonyl (C=O) groups is 1. The van der Waals surface area contributed by atoms with E-state index in [1.54, 1.807) is 27.9 Å². The van der Waals surface area contributed by atoms with E-state index in [0.717, 1.165) is 44.2 Å². The van der Waals surface area contributed by atoms with Gasteiger partial charge in [-0.05, 0) is 98.5 Å². The lowest BCUT2D eigenvalue weighted by Gasteiger charge is -2.40. The van der Waals surface area contributed by atoms with Gasteiger partial charge in [-0.15, -0.1) is 0 Å². The van der Waals surface area contributed by atoms with E-state index in [-0.39, 0.29) is 38.7 Å². The fourth-order valence-corrected chi connectivity index (χ4v) is 6.29. The van der Waals surface area contributed by atoms with Crippen LogP contribution in [0.4, 0.5) is 13.6 Å². The molecule has 5 rings (SSSR count). The second-order valence-corrected chi connectivity index (χ2v) is 12.3. The molecule has 1 saturated heterocycles. The zero-order valence-electron chi connectivity index (χ0n) is 22.5. The first kappa shape index (κ1) is 28.0. The van der Waals surface area contributed by atoms with Gasteiger partial charge in [0.2, 0.25) is 0 Å². The molecule has 1 saturated carbocycles. The third-order valence-corrected chi connectivity index (χ3v) is 8.57. The van der Waals surface area contributed by atoms with Gasteiger partial charge in [0.1, 0.15) is 28.8 Å². The van der Waals surface area contributed by atoms with Crippen LogP contribution in [0.2, 0.25) is 0 Å². The lowest BCUT2D eigenvalue weighted by molar-refractivity contribution is 0.0103. The topological polar surface area (TPSA) is 97.4 Å². The Kier molecular flexibility index (Phi) is 7.33. The van der Waals surface area contributed by atoms with Gasteiger partial charge >= 0.3 is 6.09 Å². The standard InChI is InChI=1S/C29H29BrF2N4O4/c1-28(2,3)40-27(38)35-12-10-29(11-13-35)9-8-17(14-29)36-16-34-21-6-7-22(24(30)23(21)26(36)37)39-25-18(15-33)19(31)4-5-20(25)32/h4-7,16-17H,8-14H2,1-3H3. The SMILES string of the molecule is CC(C)(C)OC(=O)N1CCC2(CCC(n3cnc4ccc(Oc5c(F)ccc(F)c5C#N)c(Br)c4c3=O)C2)CC1. The van der Waals surface area contributed by atoms with Gasteiger partial charge in [-0.1, -0.05) is 0 Å². The van der Waals surface area contributed by atoms with Crippen molar-refractivity contribution in [3.05, 3.63) is 62.6 Å². The van der Waals surface area contributed by atoms with E-state index in [2.05, 4.69) is 20.9 Å². The molecule has 40 heavy (non-hydrogen) atoms. The lowest BCUT2D eigenvalue weighted by atomic mass is 9.77. The third-order valence-electron chi connectivity index (χ3n) is 7.78. The van der Waals surface area contributed by atoms with Crippen LogP contribution in [-0.2, 0) is 4.74 Å². The van der Waals surface area contributed by atoms with Gasteiger partial charge in [0.15, 0.2) is 11.6 Å². The number of aromatic nitrogens is 2. The first-order valence-corrected chi connectivity index (χ1v) is 13.9. The van der Waals surface area contributed by atoms with Gasteiger partial charge in [0.05, 0.1) is 21.7 Å². The zero-order chi connectivity index (χ0) is 28.8. The molecule has 11 heteroatoms. The molecule has 2 heterocycles. The predicted octanol–water partition coefficient (Wildman–Crippen LogP) is 6.84. The maximum atomic E-state index is 14.4. The molecule has 1 aliphatic heterocycles. The quantitative estimate of drug-likeness (QED) is 0.320. The van der Waals surface area contributed by atoms with Crippen LogP contribution < -0.4 is 10.3 Å². The van der Waals surface area contributed by atoms with Crippen molar-refractivity contribution in [1.29, 1.82) is 5.26 Å². The van der Waals surface area contributed by atoms with E-state index in [9.17, 15) is 23.6 Å². The van der Waals surface area contributed by atoms with E-state index < -0.39 is 28.5 Å². The minimum Gasteiger partial charge on any atom is -0.452 e. The van der Waals surface area contributed by atoms with E-state index >= 15 is 0 Å². The van der Waals surface area contributed by atoms with E-state index in [0.29, 0.717) is 18.6 Å². The number of hydrogen-bond donors (Lipinski definition) is 0. The summed E-state index contributed by atoms with van der Waals surface area (Å²) in [5, 5.41) is 9.54. The number of likely N-dealkylation sites (tertiary alicyclic amines) is 1. The van der Waals surface area contributed by atoms with E-state index in [4.69, 9.17) is 9.47 Å². The summed E-state index contributed by atoms with van der Waals surface area (Å²) < 4.78 is 41.5. The molecule has 1 spiro atoms. The number of ether oxygens (including phenoxy) is 2. The van der Waals surface area contributed by atoms with Crippen molar-refractivity contribution in [2.24, 2.45) is 5.41 Å². The van der Waals surface area contributed by atoms with Crippen LogP contribution in [0.5, 0.6) is 11.5 Å². The number of halogens is 3. The highest BCUT2D eigenvalue weighted by molar-refractivity contribution is 9.10. The monoisotopic (exact) mass is 614 g/mol. The molecule has 2 aromatic carbocycles. The van der Waals surface area contributed by atoms with Crippen molar-refractivity contribution < 1.29 is 23.0 Å². The zero-order valence-corrected chi connectivity index (χ0v) is 24.1. The maximum Gasteiger partial charge on any atom is 0.410 e. The molecule has 0 N–H and O–H groups in total. The molecule has 0 bridgehead atoms. The number of benzene rings is 2. The molecule has 210 valence electrons. The van der Waals surface area contributed by atoms with Crippen LogP contribution in [0.25, 0.3) is 10.9 Å². The summed E-state index contributed by atoms with van der Waals surface area (Å²) in [6.07, 6.45) is 5.45. The first-order valence-electron chi connectivity index (χ1n) is 13.1. The average Bonchev–Trinajstić information content (AvgIpc) is 3.30. The van der Waals surface area contributed by atoms with Gasteiger partial charge < -0.3 is 14.4 Å². The number of rotatable bonds is 3. The lowest BCUT2D eigenvalue weighted by Crippen LogP contribution is -2.44. The molecule has 3 aromatic rings. The highest BCUT2D eigenvalue weighted by atomic mass is 79.9. The number of piperidine rings is 1. The first-order chi connectivity index (χ1) is 18.9. The maximum absolute atomic E-state index is 14.4. The molecule has 2 aliphatic rings. The summed E-state index contributed by atoms with van der Waals surface area (Å²) in [6.45, 7) is 6.78. The Morgan fingerprint density at radius 2 is 1.85 bits per heavy atom. The Balaban J connectivity index is 1.38. The number of carbonyl (C=O) groups excluding carboxylic acids is 1. The Morgan fingerprint density at radius 3 is 2.52 bits per heavy atom. The molecule has 0 radical (unpaired) electrons. The second-order valence-electron chi connectivity index (χ2n) is 11.5. The van der Waals surface area contributed by atoms with Crippen LogP contribution in [0.1, 0.15) is 64.5 Å². The molecule has 1 aromatic heterocycles. The molecule has 1 aliphatic carbocycles. The van der Waals surface area contributed by atoms with Crippen molar-refractivity contribution in [2.75, 3.05) is 13.1 Å². The molecule has 2 fully saturated rings. The number of nitriles is 1. The minimum atomic E-state index is -0.910. The minimum absolute atomic E-state index is 0.0301. The summed E-state index contributed by atoms with van der Waals surface area (Å²) in [4.78, 5) is 32.5.